The summed E-state index contributed by atoms with van der Waals surface area (Å²) < 4.78 is 32.1. The van der Waals surface area contributed by atoms with Crippen molar-refractivity contribution >= 4 is 30.9 Å². The average Bonchev–Trinajstić information content (AvgIpc) is 3.31. The van der Waals surface area contributed by atoms with Crippen molar-refractivity contribution in [1.82, 2.24) is 4.90 Å². The largest absolute Gasteiger partial charge is 0.464 e. The predicted molar refractivity (Wildman–Crippen MR) is 131 cm³/mol. The van der Waals surface area contributed by atoms with Crippen LogP contribution in [0.5, 0.6) is 0 Å². The Labute approximate surface area is 197 Å². The number of amides is 1. The lowest BCUT2D eigenvalue weighted by atomic mass is 10.1. The highest BCUT2D eigenvalue weighted by atomic mass is 28.4. The van der Waals surface area contributed by atoms with E-state index in [9.17, 15) is 9.18 Å². The molecule has 0 fully saturated rings. The first kappa shape index (κ1) is 25.6. The number of furan rings is 1. The van der Waals surface area contributed by atoms with E-state index in [4.69, 9.17) is 13.6 Å². The zero-order chi connectivity index (χ0) is 24.3. The van der Waals surface area contributed by atoms with Crippen LogP contribution in [-0.4, -0.2) is 51.4 Å². The summed E-state index contributed by atoms with van der Waals surface area (Å²) >= 11 is 0. The number of benzene rings is 1. The van der Waals surface area contributed by atoms with E-state index >= 15 is 0 Å². The SMILES string of the molecule is COCN1C(=O)C(c2cc3occc3cc2F)=NC1CCCO[Si](C(C)C)(C(C)C)C(C)C. The van der Waals surface area contributed by atoms with Crippen LogP contribution in [0.3, 0.4) is 0 Å². The van der Waals surface area contributed by atoms with Crippen molar-refractivity contribution in [3.05, 3.63) is 35.8 Å². The smallest absolute Gasteiger partial charge is 0.276 e. The zero-order valence-corrected chi connectivity index (χ0v) is 21.9. The monoisotopic (exact) mass is 476 g/mol. The minimum atomic E-state index is -1.94. The van der Waals surface area contributed by atoms with Gasteiger partial charge in [-0.25, -0.2) is 4.39 Å². The van der Waals surface area contributed by atoms with Crippen LogP contribution in [0.1, 0.15) is 59.9 Å². The molecule has 0 aliphatic carbocycles. The van der Waals surface area contributed by atoms with Crippen molar-refractivity contribution in [3.8, 4) is 0 Å². The summed E-state index contributed by atoms with van der Waals surface area (Å²) in [7, 11) is -0.408. The number of carbonyl (C=O) groups excluding carboxylic acids is 1. The molecule has 1 amide bonds. The van der Waals surface area contributed by atoms with Gasteiger partial charge < -0.3 is 13.6 Å². The van der Waals surface area contributed by atoms with E-state index in [0.717, 1.165) is 6.42 Å². The van der Waals surface area contributed by atoms with Crippen molar-refractivity contribution in [1.29, 1.82) is 0 Å². The van der Waals surface area contributed by atoms with Crippen LogP contribution in [0.2, 0.25) is 16.6 Å². The molecule has 2 aromatic rings. The van der Waals surface area contributed by atoms with E-state index < -0.39 is 20.3 Å². The molecule has 1 unspecified atom stereocenters. The molecule has 1 aromatic carbocycles. The molecule has 6 nitrogen and oxygen atoms in total. The van der Waals surface area contributed by atoms with Crippen molar-refractivity contribution < 1.29 is 22.8 Å². The van der Waals surface area contributed by atoms with Gasteiger partial charge in [0.05, 0.1) is 6.26 Å². The first-order chi connectivity index (χ1) is 15.6. The van der Waals surface area contributed by atoms with E-state index in [1.54, 1.807) is 17.0 Å². The Hall–Kier alpha value is -2.03. The average molecular weight is 477 g/mol. The lowest BCUT2D eigenvalue weighted by Gasteiger charge is -2.42. The summed E-state index contributed by atoms with van der Waals surface area (Å²) in [4.78, 5) is 19.3. The van der Waals surface area contributed by atoms with Gasteiger partial charge in [0.25, 0.3) is 5.91 Å². The molecule has 8 heteroatoms. The predicted octanol–water partition coefficient (Wildman–Crippen LogP) is 6.11. The molecule has 0 N–H and O–H groups in total. The van der Waals surface area contributed by atoms with Gasteiger partial charge in [-0.2, -0.15) is 0 Å². The van der Waals surface area contributed by atoms with Crippen LogP contribution in [0.4, 0.5) is 4.39 Å². The van der Waals surface area contributed by atoms with E-state index in [-0.39, 0.29) is 23.9 Å². The molecule has 1 atom stereocenters. The number of methoxy groups -OCH3 is 1. The summed E-state index contributed by atoms with van der Waals surface area (Å²) in [5.74, 6) is -0.818. The second-order valence-corrected chi connectivity index (χ2v) is 15.2. The Balaban J connectivity index is 1.76. The van der Waals surface area contributed by atoms with Crippen LogP contribution < -0.4 is 0 Å². The van der Waals surface area contributed by atoms with Gasteiger partial charge in [0, 0.05) is 24.7 Å². The Kier molecular flexibility index (Phi) is 8.13. The van der Waals surface area contributed by atoms with Crippen LogP contribution in [0.25, 0.3) is 11.0 Å². The fourth-order valence-electron chi connectivity index (χ4n) is 5.41. The Morgan fingerprint density at radius 2 is 1.82 bits per heavy atom. The molecule has 3 rings (SSSR count). The second kappa shape index (κ2) is 10.5. The number of hydrogen-bond acceptors (Lipinski definition) is 5. The normalized spacial score (nSPS) is 17.3. The topological polar surface area (TPSA) is 64.3 Å². The first-order valence-corrected chi connectivity index (χ1v) is 14.0. The molecule has 33 heavy (non-hydrogen) atoms. The van der Waals surface area contributed by atoms with Crippen LogP contribution in [0, 0.1) is 5.82 Å². The molecule has 0 spiro atoms. The molecule has 1 aliphatic rings. The standard InChI is InChI=1S/C25H37FN2O4Si/c1-16(2)33(17(3)4,18(5)6)32-11-8-9-23-27-24(25(29)28(23)15-30-7)20-14-22-19(10-12-31-22)13-21(20)26/h10,12-14,16-18,23H,8-9,11,15H2,1-7H3. The maximum Gasteiger partial charge on any atom is 0.276 e. The zero-order valence-electron chi connectivity index (χ0n) is 20.9. The van der Waals surface area contributed by atoms with Gasteiger partial charge in [-0.1, -0.05) is 41.5 Å². The molecule has 0 saturated heterocycles. The third-order valence-corrected chi connectivity index (χ3v) is 13.0. The van der Waals surface area contributed by atoms with Gasteiger partial charge in [0.15, 0.2) is 8.32 Å². The number of fused-ring (bicyclic) bond motifs is 1. The number of halogens is 1. The number of nitrogens with zero attached hydrogens (tertiary/aromatic N) is 2. The minimum absolute atomic E-state index is 0.102. The van der Waals surface area contributed by atoms with Gasteiger partial charge in [-0.05, 0) is 47.7 Å². The number of aliphatic imine (C=N–C) groups is 1. The van der Waals surface area contributed by atoms with Gasteiger partial charge in [-0.15, -0.1) is 0 Å². The maximum atomic E-state index is 14.8. The molecule has 0 radical (unpaired) electrons. The number of carbonyl (C=O) groups is 1. The highest BCUT2D eigenvalue weighted by molar-refractivity contribution is 6.77. The second-order valence-electron chi connectivity index (χ2n) is 9.75. The third-order valence-electron chi connectivity index (χ3n) is 6.83. The highest BCUT2D eigenvalue weighted by Crippen LogP contribution is 2.42. The van der Waals surface area contributed by atoms with Crippen molar-refractivity contribution in [2.24, 2.45) is 4.99 Å². The van der Waals surface area contributed by atoms with E-state index in [1.165, 1.54) is 19.4 Å². The number of ether oxygens (including phenoxy) is 1. The lowest BCUT2D eigenvalue weighted by molar-refractivity contribution is -0.129. The van der Waals surface area contributed by atoms with Crippen molar-refractivity contribution in [2.75, 3.05) is 20.4 Å². The van der Waals surface area contributed by atoms with E-state index in [2.05, 4.69) is 46.5 Å². The molecular weight excluding hydrogens is 439 g/mol. The molecule has 182 valence electrons. The Morgan fingerprint density at radius 3 is 2.42 bits per heavy atom. The summed E-state index contributed by atoms with van der Waals surface area (Å²) in [6.07, 6.45) is 2.48. The summed E-state index contributed by atoms with van der Waals surface area (Å²) in [5.41, 5.74) is 2.34. The van der Waals surface area contributed by atoms with Crippen LogP contribution in [0.15, 0.2) is 33.9 Å². The molecule has 0 bridgehead atoms. The lowest BCUT2D eigenvalue weighted by Crippen LogP contribution is -2.48. The van der Waals surface area contributed by atoms with E-state index in [0.29, 0.717) is 40.6 Å². The fraction of sp³-hybridized carbons (Fsp3) is 0.600. The van der Waals surface area contributed by atoms with Crippen molar-refractivity contribution in [2.45, 2.75) is 77.2 Å². The van der Waals surface area contributed by atoms with Crippen molar-refractivity contribution in [3.63, 3.8) is 0 Å². The third kappa shape index (κ3) is 4.93. The molecule has 0 saturated carbocycles. The number of rotatable bonds is 11. The summed E-state index contributed by atoms with van der Waals surface area (Å²) in [5, 5.41) is 0.651. The fourth-order valence-corrected chi connectivity index (χ4v) is 10.9. The van der Waals surface area contributed by atoms with Crippen LogP contribution >= 0.6 is 0 Å². The first-order valence-electron chi connectivity index (χ1n) is 11.8. The Bertz CT molecular complexity index is 980. The maximum absolute atomic E-state index is 14.8. The van der Waals surface area contributed by atoms with Crippen LogP contribution in [-0.2, 0) is 14.0 Å². The number of hydrogen-bond donors (Lipinski definition) is 0. The quantitative estimate of drug-likeness (QED) is 0.290. The van der Waals surface area contributed by atoms with Gasteiger partial charge in [0.2, 0.25) is 0 Å². The van der Waals surface area contributed by atoms with E-state index in [1.807, 2.05) is 0 Å². The summed E-state index contributed by atoms with van der Waals surface area (Å²) in [6.45, 7) is 14.3. The Morgan fingerprint density at radius 1 is 1.15 bits per heavy atom. The molecule has 1 aliphatic heterocycles. The van der Waals surface area contributed by atoms with Gasteiger partial charge in [0.1, 0.15) is 30.0 Å². The summed E-state index contributed by atoms with van der Waals surface area (Å²) in [6, 6.07) is 4.61. The minimum Gasteiger partial charge on any atom is -0.464 e. The highest BCUT2D eigenvalue weighted by Gasteiger charge is 2.45. The van der Waals surface area contributed by atoms with Gasteiger partial charge >= 0.3 is 0 Å². The molecule has 1 aromatic heterocycles. The van der Waals surface area contributed by atoms with Gasteiger partial charge in [-0.3, -0.25) is 14.7 Å². The molecule has 2 heterocycles. The molecular formula is C25H37FN2O4Si.